The lowest BCUT2D eigenvalue weighted by molar-refractivity contribution is -0.116. The van der Waals surface area contributed by atoms with Crippen LogP contribution in [-0.2, 0) is 4.79 Å². The lowest BCUT2D eigenvalue weighted by atomic mass is 9.91. The van der Waals surface area contributed by atoms with Crippen molar-refractivity contribution in [1.82, 2.24) is 4.98 Å². The van der Waals surface area contributed by atoms with E-state index in [1.165, 1.54) is 11.3 Å². The van der Waals surface area contributed by atoms with E-state index in [0.29, 0.717) is 29.5 Å². The summed E-state index contributed by atoms with van der Waals surface area (Å²) in [6.45, 7) is 0.164. The van der Waals surface area contributed by atoms with E-state index >= 15 is 0 Å². The number of rotatable bonds is 4. The van der Waals surface area contributed by atoms with Gasteiger partial charge in [0.05, 0.1) is 12.0 Å². The monoisotopic (exact) mass is 395 g/mol. The molecular formula is C20H17N3O4S. The molecule has 0 fully saturated rings. The van der Waals surface area contributed by atoms with Crippen LogP contribution >= 0.6 is 11.3 Å². The lowest BCUT2D eigenvalue weighted by Gasteiger charge is -2.22. The first-order valence-corrected chi connectivity index (χ1v) is 9.63. The number of anilines is 3. The molecule has 3 heterocycles. The van der Waals surface area contributed by atoms with Gasteiger partial charge in [-0.3, -0.25) is 4.79 Å². The van der Waals surface area contributed by atoms with Crippen LogP contribution in [0.5, 0.6) is 17.2 Å². The third kappa shape index (κ3) is 2.91. The van der Waals surface area contributed by atoms with Gasteiger partial charge in [0.2, 0.25) is 18.4 Å². The minimum atomic E-state index is -0.129. The van der Waals surface area contributed by atoms with Crippen LogP contribution in [0.25, 0.3) is 0 Å². The molecule has 142 valence electrons. The van der Waals surface area contributed by atoms with Crippen LogP contribution in [0.15, 0.2) is 42.5 Å². The number of para-hydroxylation sites is 1. The van der Waals surface area contributed by atoms with E-state index in [4.69, 9.17) is 14.2 Å². The predicted molar refractivity (Wildman–Crippen MR) is 106 cm³/mol. The Labute approximate surface area is 165 Å². The number of fused-ring (bicyclic) bond motifs is 2. The van der Waals surface area contributed by atoms with Gasteiger partial charge in [-0.25, -0.2) is 4.98 Å². The van der Waals surface area contributed by atoms with Gasteiger partial charge in [0, 0.05) is 18.0 Å². The molecule has 2 aliphatic heterocycles. The molecule has 3 aromatic rings. The highest BCUT2D eigenvalue weighted by atomic mass is 32.1. The third-order valence-electron chi connectivity index (χ3n) is 4.73. The molecule has 0 saturated carbocycles. The van der Waals surface area contributed by atoms with Crippen molar-refractivity contribution < 1.29 is 19.0 Å². The maximum absolute atomic E-state index is 12.3. The Morgan fingerprint density at radius 1 is 1.25 bits per heavy atom. The second kappa shape index (κ2) is 6.72. The van der Waals surface area contributed by atoms with E-state index in [1.54, 1.807) is 7.11 Å². The predicted octanol–water partition coefficient (Wildman–Crippen LogP) is 4.10. The third-order valence-corrected chi connectivity index (χ3v) is 5.81. The SMILES string of the molecule is COc1cc([C@@H]2CC(=O)Nc3nc(Nc4ccccc4)sc32)cc2c1OCO2. The van der Waals surface area contributed by atoms with Gasteiger partial charge in [0.25, 0.3) is 0 Å². The Bertz CT molecular complexity index is 1050. The minimum Gasteiger partial charge on any atom is -0.493 e. The summed E-state index contributed by atoms with van der Waals surface area (Å²) < 4.78 is 16.5. The summed E-state index contributed by atoms with van der Waals surface area (Å²) in [4.78, 5) is 17.9. The summed E-state index contributed by atoms with van der Waals surface area (Å²) in [7, 11) is 1.59. The molecule has 8 heteroatoms. The van der Waals surface area contributed by atoms with Crippen molar-refractivity contribution in [1.29, 1.82) is 0 Å². The topological polar surface area (TPSA) is 81.7 Å². The molecule has 2 N–H and O–H groups in total. The van der Waals surface area contributed by atoms with E-state index in [9.17, 15) is 4.79 Å². The van der Waals surface area contributed by atoms with Gasteiger partial charge >= 0.3 is 0 Å². The first-order chi connectivity index (χ1) is 13.7. The molecule has 2 aliphatic rings. The maximum atomic E-state index is 12.3. The summed E-state index contributed by atoms with van der Waals surface area (Å²) in [6, 6.07) is 13.6. The molecule has 28 heavy (non-hydrogen) atoms. The highest BCUT2D eigenvalue weighted by Crippen LogP contribution is 2.48. The number of ether oxygens (including phenoxy) is 3. The van der Waals surface area contributed by atoms with E-state index in [0.717, 1.165) is 21.3 Å². The van der Waals surface area contributed by atoms with Crippen molar-refractivity contribution in [3.8, 4) is 17.2 Å². The van der Waals surface area contributed by atoms with Gasteiger partial charge in [-0.1, -0.05) is 29.5 Å². The number of methoxy groups -OCH3 is 1. The number of amides is 1. The average molecular weight is 395 g/mol. The Balaban J connectivity index is 1.53. The number of benzene rings is 2. The van der Waals surface area contributed by atoms with Gasteiger partial charge in [-0.2, -0.15) is 0 Å². The highest BCUT2D eigenvalue weighted by Gasteiger charge is 2.32. The largest absolute Gasteiger partial charge is 0.493 e. The fourth-order valence-corrected chi connectivity index (χ4v) is 4.51. The number of thiazole rings is 1. The molecular weight excluding hydrogens is 378 g/mol. The second-order valence-electron chi connectivity index (χ2n) is 6.48. The minimum absolute atomic E-state index is 0.0642. The Morgan fingerprint density at radius 3 is 2.93 bits per heavy atom. The molecule has 1 aromatic heterocycles. The van der Waals surface area contributed by atoms with Crippen LogP contribution in [0.1, 0.15) is 22.8 Å². The number of carbonyl (C=O) groups is 1. The molecule has 5 rings (SSSR count). The van der Waals surface area contributed by atoms with E-state index in [-0.39, 0.29) is 18.6 Å². The smallest absolute Gasteiger partial charge is 0.231 e. The lowest BCUT2D eigenvalue weighted by Crippen LogP contribution is -2.22. The highest BCUT2D eigenvalue weighted by molar-refractivity contribution is 7.16. The zero-order chi connectivity index (χ0) is 19.1. The Hall–Kier alpha value is -3.26. The first kappa shape index (κ1) is 16.9. The van der Waals surface area contributed by atoms with Crippen LogP contribution < -0.4 is 24.8 Å². The average Bonchev–Trinajstić information content (AvgIpc) is 3.33. The summed E-state index contributed by atoms with van der Waals surface area (Å²) >= 11 is 1.53. The van der Waals surface area contributed by atoms with Crippen molar-refractivity contribution in [2.45, 2.75) is 12.3 Å². The first-order valence-electron chi connectivity index (χ1n) is 8.81. The summed E-state index contributed by atoms with van der Waals surface area (Å²) in [6.07, 6.45) is 0.336. The molecule has 0 radical (unpaired) electrons. The Kier molecular flexibility index (Phi) is 4.05. The normalized spacial score (nSPS) is 17.0. The van der Waals surface area contributed by atoms with Gasteiger partial charge in [-0.15, -0.1) is 0 Å². The molecule has 7 nitrogen and oxygen atoms in total. The number of nitrogens with zero attached hydrogens (tertiary/aromatic N) is 1. The number of carbonyl (C=O) groups excluding carboxylic acids is 1. The summed E-state index contributed by atoms with van der Waals surface area (Å²) in [5, 5.41) is 6.91. The summed E-state index contributed by atoms with van der Waals surface area (Å²) in [5.41, 5.74) is 1.88. The van der Waals surface area contributed by atoms with Crippen LogP contribution in [0.2, 0.25) is 0 Å². The van der Waals surface area contributed by atoms with Crippen molar-refractivity contribution >= 4 is 33.9 Å². The fourth-order valence-electron chi connectivity index (χ4n) is 3.44. The zero-order valence-corrected chi connectivity index (χ0v) is 15.8. The molecule has 0 bridgehead atoms. The second-order valence-corrected chi connectivity index (χ2v) is 7.52. The molecule has 2 aromatic carbocycles. The maximum Gasteiger partial charge on any atom is 0.231 e. The van der Waals surface area contributed by atoms with Crippen LogP contribution in [0, 0.1) is 0 Å². The number of hydrogen-bond donors (Lipinski definition) is 2. The van der Waals surface area contributed by atoms with E-state index < -0.39 is 0 Å². The molecule has 0 unspecified atom stereocenters. The van der Waals surface area contributed by atoms with E-state index in [2.05, 4.69) is 15.6 Å². The molecule has 0 saturated heterocycles. The van der Waals surface area contributed by atoms with Crippen LogP contribution in [0.3, 0.4) is 0 Å². The molecule has 1 atom stereocenters. The molecule has 0 spiro atoms. The van der Waals surface area contributed by atoms with Crippen LogP contribution in [-0.4, -0.2) is 24.8 Å². The van der Waals surface area contributed by atoms with Gasteiger partial charge in [-0.05, 0) is 29.8 Å². The van der Waals surface area contributed by atoms with Gasteiger partial charge in [0.1, 0.15) is 5.82 Å². The molecule has 0 aliphatic carbocycles. The molecule has 1 amide bonds. The van der Waals surface area contributed by atoms with Crippen molar-refractivity contribution in [2.24, 2.45) is 0 Å². The van der Waals surface area contributed by atoms with Crippen molar-refractivity contribution in [3.63, 3.8) is 0 Å². The quantitative estimate of drug-likeness (QED) is 0.692. The van der Waals surface area contributed by atoms with Gasteiger partial charge < -0.3 is 24.8 Å². The zero-order valence-electron chi connectivity index (χ0n) is 15.0. The van der Waals surface area contributed by atoms with E-state index in [1.807, 2.05) is 42.5 Å². The number of hydrogen-bond acceptors (Lipinski definition) is 7. The number of aromatic nitrogens is 1. The van der Waals surface area contributed by atoms with Crippen molar-refractivity contribution in [3.05, 3.63) is 52.9 Å². The standard InChI is InChI=1S/C20H17N3O4S/c1-25-14-7-11(8-15-17(14)27-10-26-15)13-9-16(24)22-19-18(13)28-20(23-19)21-12-5-3-2-4-6-12/h2-8,13H,9-10H2,1H3,(H,21,23)(H,22,24)/t13-/m0/s1. The fraction of sp³-hybridized carbons (Fsp3) is 0.200. The Morgan fingerprint density at radius 2 is 2.11 bits per heavy atom. The summed E-state index contributed by atoms with van der Waals surface area (Å²) in [5.74, 6) is 2.24. The van der Waals surface area contributed by atoms with Crippen molar-refractivity contribution in [2.75, 3.05) is 24.5 Å². The number of nitrogens with one attached hydrogen (secondary N) is 2. The van der Waals surface area contributed by atoms with Gasteiger partial charge in [0.15, 0.2) is 16.6 Å². The van der Waals surface area contributed by atoms with Crippen LogP contribution in [0.4, 0.5) is 16.6 Å².